The number of nitrogens with zero attached hydrogens (tertiary/aromatic N) is 3. The third-order valence-electron chi connectivity index (χ3n) is 3.86. The molecule has 0 spiro atoms. The van der Waals surface area contributed by atoms with Crippen LogP contribution in [0.2, 0.25) is 0 Å². The highest BCUT2D eigenvalue weighted by atomic mass is 16.3. The van der Waals surface area contributed by atoms with Gasteiger partial charge < -0.3 is 15.3 Å². The van der Waals surface area contributed by atoms with Crippen molar-refractivity contribution in [2.45, 2.75) is 38.5 Å². The normalized spacial score (nSPS) is 25.4. The molecule has 1 aliphatic rings. The molecule has 0 aliphatic carbocycles. The zero-order chi connectivity index (χ0) is 14.5. The average molecular weight is 280 g/mol. The summed E-state index contributed by atoms with van der Waals surface area (Å²) in [5, 5.41) is 17.1. The topological polar surface area (TPSA) is 70.4 Å². The first-order chi connectivity index (χ1) is 9.56. The molecular weight excluding hydrogens is 256 g/mol. The van der Waals surface area contributed by atoms with E-state index in [0.717, 1.165) is 19.5 Å². The maximum Gasteiger partial charge on any atom is 0.227 e. The van der Waals surface area contributed by atoms with Gasteiger partial charge in [-0.05, 0) is 32.9 Å². The van der Waals surface area contributed by atoms with Crippen LogP contribution in [0.3, 0.4) is 0 Å². The lowest BCUT2D eigenvalue weighted by Gasteiger charge is -2.33. The van der Waals surface area contributed by atoms with Gasteiger partial charge in [0, 0.05) is 38.1 Å². The van der Waals surface area contributed by atoms with E-state index in [0.29, 0.717) is 13.0 Å². The maximum absolute atomic E-state index is 12.2. The molecule has 6 heteroatoms. The van der Waals surface area contributed by atoms with E-state index in [1.54, 1.807) is 6.20 Å². The largest absolute Gasteiger partial charge is 0.392 e. The van der Waals surface area contributed by atoms with E-state index in [9.17, 15) is 9.90 Å². The number of aromatic nitrogens is 2. The van der Waals surface area contributed by atoms with Crippen LogP contribution >= 0.6 is 0 Å². The Morgan fingerprint density at radius 1 is 1.60 bits per heavy atom. The van der Waals surface area contributed by atoms with Crippen molar-refractivity contribution in [3.63, 3.8) is 0 Å². The van der Waals surface area contributed by atoms with E-state index >= 15 is 0 Å². The van der Waals surface area contributed by atoms with Gasteiger partial charge in [0.15, 0.2) is 0 Å². The fourth-order valence-corrected chi connectivity index (χ4v) is 2.54. The summed E-state index contributed by atoms with van der Waals surface area (Å²) >= 11 is 0. The standard InChI is InChI=1S/C14H24N4O2/c1-11(4-9-18-7-3-6-15-18)16-14(20)12-10-17(2)8-5-13(12)19/h3,6-7,11-13,19H,4-5,8-10H2,1-2H3,(H,16,20)/t11-,12-,13-/m1/s1. The first kappa shape index (κ1) is 15.0. The van der Waals surface area contributed by atoms with Gasteiger partial charge in [0.2, 0.25) is 5.91 Å². The SMILES string of the molecule is C[C@H](CCn1cccn1)NC(=O)[C@@H]1CN(C)CC[C@H]1O. The number of nitrogens with one attached hydrogen (secondary N) is 1. The number of carbonyl (C=O) groups excluding carboxylic acids is 1. The van der Waals surface area contributed by atoms with Crippen LogP contribution in [-0.2, 0) is 11.3 Å². The predicted octanol–water partition coefficient (Wildman–Crippen LogP) is 0.0905. The summed E-state index contributed by atoms with van der Waals surface area (Å²) < 4.78 is 1.85. The smallest absolute Gasteiger partial charge is 0.227 e. The van der Waals surface area contributed by atoms with Crippen LogP contribution in [0.15, 0.2) is 18.5 Å². The number of likely N-dealkylation sites (tertiary alicyclic amines) is 1. The molecule has 112 valence electrons. The van der Waals surface area contributed by atoms with Gasteiger partial charge in [-0.25, -0.2) is 0 Å². The van der Waals surface area contributed by atoms with Gasteiger partial charge >= 0.3 is 0 Å². The van der Waals surface area contributed by atoms with E-state index in [1.165, 1.54) is 0 Å². The third-order valence-corrected chi connectivity index (χ3v) is 3.86. The maximum atomic E-state index is 12.2. The van der Waals surface area contributed by atoms with Crippen molar-refractivity contribution in [2.24, 2.45) is 5.92 Å². The van der Waals surface area contributed by atoms with Crippen molar-refractivity contribution in [1.29, 1.82) is 0 Å². The van der Waals surface area contributed by atoms with Crippen LogP contribution in [0.25, 0.3) is 0 Å². The highest BCUT2D eigenvalue weighted by Gasteiger charge is 2.32. The fourth-order valence-electron chi connectivity index (χ4n) is 2.54. The molecule has 1 amide bonds. The van der Waals surface area contributed by atoms with E-state index in [-0.39, 0.29) is 17.9 Å². The molecule has 0 saturated carbocycles. The van der Waals surface area contributed by atoms with Crippen LogP contribution in [0.1, 0.15) is 19.8 Å². The minimum Gasteiger partial charge on any atom is -0.392 e. The van der Waals surface area contributed by atoms with Gasteiger partial charge in [-0.3, -0.25) is 9.48 Å². The van der Waals surface area contributed by atoms with Gasteiger partial charge in [0.25, 0.3) is 0 Å². The number of rotatable bonds is 5. The van der Waals surface area contributed by atoms with E-state index in [1.807, 2.05) is 30.9 Å². The molecule has 0 bridgehead atoms. The first-order valence-electron chi connectivity index (χ1n) is 7.20. The van der Waals surface area contributed by atoms with Crippen molar-refractivity contribution in [1.82, 2.24) is 20.0 Å². The summed E-state index contributed by atoms with van der Waals surface area (Å²) in [6, 6.07) is 1.96. The number of aliphatic hydroxyl groups is 1. The molecule has 6 nitrogen and oxygen atoms in total. The molecule has 1 aliphatic heterocycles. The van der Waals surface area contributed by atoms with Gasteiger partial charge in [-0.15, -0.1) is 0 Å². The second-order valence-electron chi connectivity index (χ2n) is 5.69. The summed E-state index contributed by atoms with van der Waals surface area (Å²) in [4.78, 5) is 14.3. The summed E-state index contributed by atoms with van der Waals surface area (Å²) in [6.45, 7) is 4.24. The molecule has 0 unspecified atom stereocenters. The lowest BCUT2D eigenvalue weighted by molar-refractivity contribution is -0.131. The molecule has 2 rings (SSSR count). The lowest BCUT2D eigenvalue weighted by atomic mass is 9.94. The Bertz CT molecular complexity index is 421. The molecule has 1 aromatic heterocycles. The Morgan fingerprint density at radius 3 is 3.10 bits per heavy atom. The molecule has 2 heterocycles. The predicted molar refractivity (Wildman–Crippen MR) is 76.1 cm³/mol. The number of piperidine rings is 1. The molecular formula is C14H24N4O2. The number of hydrogen-bond donors (Lipinski definition) is 2. The minimum absolute atomic E-state index is 0.0444. The summed E-state index contributed by atoms with van der Waals surface area (Å²) in [5.41, 5.74) is 0. The Kier molecular flexibility index (Phi) is 5.14. The van der Waals surface area contributed by atoms with Crippen molar-refractivity contribution in [3.05, 3.63) is 18.5 Å². The second-order valence-corrected chi connectivity index (χ2v) is 5.69. The quantitative estimate of drug-likeness (QED) is 0.802. The molecule has 1 aromatic rings. The second kappa shape index (κ2) is 6.85. The Morgan fingerprint density at radius 2 is 2.40 bits per heavy atom. The monoisotopic (exact) mass is 280 g/mol. The van der Waals surface area contributed by atoms with Gasteiger partial charge in [-0.2, -0.15) is 5.10 Å². The van der Waals surface area contributed by atoms with Crippen LogP contribution in [0, 0.1) is 5.92 Å². The highest BCUT2D eigenvalue weighted by Crippen LogP contribution is 2.16. The van der Waals surface area contributed by atoms with Crippen molar-refractivity contribution >= 4 is 5.91 Å². The molecule has 1 fully saturated rings. The van der Waals surface area contributed by atoms with Crippen LogP contribution in [-0.4, -0.2) is 58.0 Å². The molecule has 0 radical (unpaired) electrons. The Hall–Kier alpha value is -1.40. The summed E-state index contributed by atoms with van der Waals surface area (Å²) in [7, 11) is 1.98. The van der Waals surface area contributed by atoms with E-state index in [4.69, 9.17) is 0 Å². The summed E-state index contributed by atoms with van der Waals surface area (Å²) in [6.07, 6.45) is 4.62. The Balaban J connectivity index is 1.77. The first-order valence-corrected chi connectivity index (χ1v) is 7.20. The fraction of sp³-hybridized carbons (Fsp3) is 0.714. The Labute approximate surface area is 119 Å². The molecule has 20 heavy (non-hydrogen) atoms. The average Bonchev–Trinajstić information content (AvgIpc) is 2.92. The number of aryl methyl sites for hydroxylation is 1. The summed E-state index contributed by atoms with van der Waals surface area (Å²) in [5.74, 6) is -0.363. The number of aliphatic hydroxyl groups excluding tert-OH is 1. The van der Waals surface area contributed by atoms with E-state index in [2.05, 4.69) is 15.3 Å². The van der Waals surface area contributed by atoms with Crippen molar-refractivity contribution < 1.29 is 9.90 Å². The lowest BCUT2D eigenvalue weighted by Crippen LogP contribution is -2.50. The number of carbonyl (C=O) groups is 1. The van der Waals surface area contributed by atoms with Gasteiger partial charge in [0.1, 0.15) is 0 Å². The van der Waals surface area contributed by atoms with Crippen LogP contribution < -0.4 is 5.32 Å². The van der Waals surface area contributed by atoms with Crippen LogP contribution in [0.5, 0.6) is 0 Å². The van der Waals surface area contributed by atoms with Crippen molar-refractivity contribution in [3.8, 4) is 0 Å². The molecule has 3 atom stereocenters. The number of amides is 1. The molecule has 0 aromatic carbocycles. The highest BCUT2D eigenvalue weighted by molar-refractivity contribution is 5.79. The zero-order valence-corrected chi connectivity index (χ0v) is 12.2. The van der Waals surface area contributed by atoms with Gasteiger partial charge in [0.05, 0.1) is 12.0 Å². The minimum atomic E-state index is -0.524. The van der Waals surface area contributed by atoms with Crippen LogP contribution in [0.4, 0.5) is 0 Å². The third kappa shape index (κ3) is 4.05. The van der Waals surface area contributed by atoms with E-state index < -0.39 is 6.10 Å². The molecule has 2 N–H and O–H groups in total. The van der Waals surface area contributed by atoms with Gasteiger partial charge in [-0.1, -0.05) is 0 Å². The van der Waals surface area contributed by atoms with Crippen molar-refractivity contribution in [2.75, 3.05) is 20.1 Å². The number of hydrogen-bond acceptors (Lipinski definition) is 4. The zero-order valence-electron chi connectivity index (χ0n) is 12.2. The molecule has 1 saturated heterocycles.